The Balaban J connectivity index is 2.02. The number of thiophene rings is 1. The van der Waals surface area contributed by atoms with E-state index in [9.17, 15) is 4.79 Å². The minimum Gasteiger partial charge on any atom is -0.456 e. The van der Waals surface area contributed by atoms with Gasteiger partial charge in [-0.15, -0.1) is 11.3 Å². The summed E-state index contributed by atoms with van der Waals surface area (Å²) in [5.74, 6) is 5.68. The standard InChI is InChI=1S/C13H17N3O2S/c1-9-10(6-12(18-9)13(17)15-14)7-16(2)8-11-4-3-5-19-11/h3-6H,7-8,14H2,1-2H3,(H,15,17). The number of nitrogens with one attached hydrogen (secondary N) is 1. The van der Waals surface area contributed by atoms with Crippen molar-refractivity contribution in [3.05, 3.63) is 45.5 Å². The van der Waals surface area contributed by atoms with Gasteiger partial charge < -0.3 is 4.42 Å². The van der Waals surface area contributed by atoms with Crippen molar-refractivity contribution in [3.63, 3.8) is 0 Å². The molecular weight excluding hydrogens is 262 g/mol. The first-order valence-corrected chi connectivity index (χ1v) is 6.79. The van der Waals surface area contributed by atoms with Gasteiger partial charge in [0.25, 0.3) is 0 Å². The lowest BCUT2D eigenvalue weighted by Crippen LogP contribution is -2.29. The summed E-state index contributed by atoms with van der Waals surface area (Å²) in [6.07, 6.45) is 0. The van der Waals surface area contributed by atoms with Crippen LogP contribution in [0.5, 0.6) is 0 Å². The molecule has 0 atom stereocenters. The molecule has 102 valence electrons. The van der Waals surface area contributed by atoms with Gasteiger partial charge in [0, 0.05) is 23.5 Å². The molecule has 0 bridgehead atoms. The molecule has 0 aliphatic rings. The molecule has 0 saturated heterocycles. The summed E-state index contributed by atoms with van der Waals surface area (Å²) in [7, 11) is 2.04. The number of carbonyl (C=O) groups is 1. The molecule has 0 spiro atoms. The van der Waals surface area contributed by atoms with E-state index in [2.05, 4.69) is 21.8 Å². The number of hydrogen-bond donors (Lipinski definition) is 2. The molecule has 1 amide bonds. The number of amides is 1. The summed E-state index contributed by atoms with van der Waals surface area (Å²) in [5, 5.41) is 2.07. The van der Waals surface area contributed by atoms with Gasteiger partial charge in [0.2, 0.25) is 0 Å². The lowest BCUT2D eigenvalue weighted by atomic mass is 10.2. The van der Waals surface area contributed by atoms with Gasteiger partial charge in [0.05, 0.1) is 0 Å². The Morgan fingerprint density at radius 3 is 2.95 bits per heavy atom. The second-order valence-electron chi connectivity index (χ2n) is 4.42. The average Bonchev–Trinajstić information content (AvgIpc) is 2.99. The predicted molar refractivity (Wildman–Crippen MR) is 74.6 cm³/mol. The average molecular weight is 279 g/mol. The van der Waals surface area contributed by atoms with Gasteiger partial charge >= 0.3 is 5.91 Å². The van der Waals surface area contributed by atoms with Gasteiger partial charge in [-0.3, -0.25) is 15.1 Å². The Kier molecular flexibility index (Phi) is 4.36. The Bertz CT molecular complexity index is 548. The van der Waals surface area contributed by atoms with Crippen LogP contribution in [0.15, 0.2) is 28.0 Å². The van der Waals surface area contributed by atoms with Crippen LogP contribution in [0.3, 0.4) is 0 Å². The number of nitrogens with zero attached hydrogens (tertiary/aromatic N) is 1. The van der Waals surface area contributed by atoms with Crippen LogP contribution in [0, 0.1) is 6.92 Å². The minimum atomic E-state index is -0.407. The maximum atomic E-state index is 11.4. The highest BCUT2D eigenvalue weighted by Crippen LogP contribution is 2.18. The van der Waals surface area contributed by atoms with Gasteiger partial charge in [-0.05, 0) is 31.5 Å². The van der Waals surface area contributed by atoms with E-state index in [-0.39, 0.29) is 5.76 Å². The van der Waals surface area contributed by atoms with Crippen LogP contribution >= 0.6 is 11.3 Å². The van der Waals surface area contributed by atoms with Crippen molar-refractivity contribution in [1.29, 1.82) is 0 Å². The fraction of sp³-hybridized carbons (Fsp3) is 0.308. The molecule has 2 aromatic rings. The molecule has 0 aliphatic heterocycles. The molecule has 2 aromatic heterocycles. The lowest BCUT2D eigenvalue weighted by molar-refractivity contribution is 0.0924. The number of furan rings is 1. The molecule has 5 nitrogen and oxygen atoms in total. The third-order valence-corrected chi connectivity index (χ3v) is 3.68. The first-order valence-electron chi connectivity index (χ1n) is 5.91. The molecule has 19 heavy (non-hydrogen) atoms. The number of nitrogens with two attached hydrogens (primary N) is 1. The van der Waals surface area contributed by atoms with Crippen LogP contribution < -0.4 is 11.3 Å². The molecule has 3 N–H and O–H groups in total. The normalized spacial score (nSPS) is 10.9. The van der Waals surface area contributed by atoms with Crippen LogP contribution in [0.25, 0.3) is 0 Å². The van der Waals surface area contributed by atoms with Gasteiger partial charge in [-0.2, -0.15) is 0 Å². The van der Waals surface area contributed by atoms with E-state index in [1.165, 1.54) is 4.88 Å². The topological polar surface area (TPSA) is 71.5 Å². The summed E-state index contributed by atoms with van der Waals surface area (Å²) in [4.78, 5) is 14.9. The number of hydrogen-bond acceptors (Lipinski definition) is 5. The number of aryl methyl sites for hydroxylation is 1. The molecular formula is C13H17N3O2S. The highest BCUT2D eigenvalue weighted by Gasteiger charge is 2.14. The Morgan fingerprint density at radius 2 is 2.32 bits per heavy atom. The second kappa shape index (κ2) is 6.01. The summed E-state index contributed by atoms with van der Waals surface area (Å²) >= 11 is 1.73. The SMILES string of the molecule is Cc1oc(C(=O)NN)cc1CN(C)Cc1cccs1. The van der Waals surface area contributed by atoms with E-state index in [0.717, 1.165) is 24.4 Å². The molecule has 2 heterocycles. The smallest absolute Gasteiger partial charge is 0.300 e. The van der Waals surface area contributed by atoms with E-state index in [4.69, 9.17) is 10.3 Å². The van der Waals surface area contributed by atoms with Crippen LogP contribution in [-0.2, 0) is 13.1 Å². The minimum absolute atomic E-state index is 0.250. The van der Waals surface area contributed by atoms with Gasteiger partial charge in [0.1, 0.15) is 5.76 Å². The second-order valence-corrected chi connectivity index (χ2v) is 5.45. The van der Waals surface area contributed by atoms with E-state index in [1.54, 1.807) is 17.4 Å². The number of nitrogen functional groups attached to an aromatic ring is 1. The summed E-state index contributed by atoms with van der Waals surface area (Å²) in [6.45, 7) is 3.45. The molecule has 2 rings (SSSR count). The zero-order chi connectivity index (χ0) is 13.8. The maximum absolute atomic E-state index is 11.4. The fourth-order valence-electron chi connectivity index (χ4n) is 1.88. The molecule has 0 fully saturated rings. The van der Waals surface area contributed by atoms with Gasteiger partial charge in [-0.1, -0.05) is 6.07 Å². The number of carbonyl (C=O) groups excluding carboxylic acids is 1. The first-order chi connectivity index (χ1) is 9.10. The quantitative estimate of drug-likeness (QED) is 0.498. The highest BCUT2D eigenvalue weighted by molar-refractivity contribution is 7.09. The van der Waals surface area contributed by atoms with Gasteiger partial charge in [0.15, 0.2) is 5.76 Å². The van der Waals surface area contributed by atoms with Crippen LogP contribution in [0.2, 0.25) is 0 Å². The largest absolute Gasteiger partial charge is 0.456 e. The van der Waals surface area contributed by atoms with Crippen molar-refractivity contribution in [1.82, 2.24) is 10.3 Å². The Morgan fingerprint density at radius 1 is 1.53 bits per heavy atom. The van der Waals surface area contributed by atoms with Crippen LogP contribution in [0.1, 0.15) is 26.8 Å². The van der Waals surface area contributed by atoms with E-state index >= 15 is 0 Å². The Labute approximate surface area is 116 Å². The van der Waals surface area contributed by atoms with Crippen LogP contribution in [0.4, 0.5) is 0 Å². The van der Waals surface area contributed by atoms with Gasteiger partial charge in [-0.25, -0.2) is 5.84 Å². The van der Waals surface area contributed by atoms with E-state index in [0.29, 0.717) is 0 Å². The monoisotopic (exact) mass is 279 g/mol. The van der Waals surface area contributed by atoms with Crippen molar-refractivity contribution < 1.29 is 9.21 Å². The number of rotatable bonds is 5. The third-order valence-electron chi connectivity index (χ3n) is 2.82. The molecule has 0 saturated carbocycles. The maximum Gasteiger partial charge on any atom is 0.300 e. The lowest BCUT2D eigenvalue weighted by Gasteiger charge is -2.14. The Hall–Kier alpha value is -1.63. The van der Waals surface area contributed by atoms with E-state index in [1.807, 2.05) is 20.0 Å². The summed E-state index contributed by atoms with van der Waals surface area (Å²) in [5.41, 5.74) is 3.06. The van der Waals surface area contributed by atoms with Crippen molar-refractivity contribution in [2.24, 2.45) is 5.84 Å². The third kappa shape index (κ3) is 3.44. The molecule has 0 aromatic carbocycles. The molecule has 0 radical (unpaired) electrons. The first kappa shape index (κ1) is 13.8. The highest BCUT2D eigenvalue weighted by atomic mass is 32.1. The molecule has 0 unspecified atom stereocenters. The van der Waals surface area contributed by atoms with E-state index < -0.39 is 5.91 Å². The molecule has 0 aliphatic carbocycles. The zero-order valence-corrected chi connectivity index (χ0v) is 11.8. The zero-order valence-electron chi connectivity index (χ0n) is 11.0. The summed E-state index contributed by atoms with van der Waals surface area (Å²) in [6, 6.07) is 5.89. The molecule has 6 heteroatoms. The van der Waals surface area contributed by atoms with Crippen molar-refractivity contribution in [3.8, 4) is 0 Å². The van der Waals surface area contributed by atoms with Crippen molar-refractivity contribution >= 4 is 17.2 Å². The van der Waals surface area contributed by atoms with Crippen molar-refractivity contribution in [2.75, 3.05) is 7.05 Å². The van der Waals surface area contributed by atoms with Crippen molar-refractivity contribution in [2.45, 2.75) is 20.0 Å². The summed E-state index contributed by atoms with van der Waals surface area (Å²) < 4.78 is 5.39. The fourth-order valence-corrected chi connectivity index (χ4v) is 2.66. The predicted octanol–water partition coefficient (Wildman–Crippen LogP) is 1.89. The van der Waals surface area contributed by atoms with Crippen LogP contribution in [-0.4, -0.2) is 17.9 Å². The number of hydrazine groups is 1.